The van der Waals surface area contributed by atoms with Gasteiger partial charge in [-0.2, -0.15) is 0 Å². The molecule has 12 heteroatoms. The zero-order valence-electron chi connectivity index (χ0n) is 20.8. The maximum absolute atomic E-state index is 12.7. The van der Waals surface area contributed by atoms with E-state index < -0.39 is 6.36 Å². The first kappa shape index (κ1) is 25.7. The van der Waals surface area contributed by atoms with Crippen molar-refractivity contribution in [1.82, 2.24) is 25.3 Å². The van der Waals surface area contributed by atoms with Crippen molar-refractivity contribution in [1.29, 1.82) is 0 Å². The van der Waals surface area contributed by atoms with E-state index in [4.69, 9.17) is 4.98 Å². The van der Waals surface area contributed by atoms with Crippen molar-refractivity contribution in [3.63, 3.8) is 0 Å². The summed E-state index contributed by atoms with van der Waals surface area (Å²) < 4.78 is 42.0. The third-order valence-electron chi connectivity index (χ3n) is 7.11. The van der Waals surface area contributed by atoms with Gasteiger partial charge in [-0.25, -0.2) is 15.0 Å². The highest BCUT2D eigenvalue weighted by Gasteiger charge is 2.41. The van der Waals surface area contributed by atoms with E-state index in [0.29, 0.717) is 23.0 Å². The van der Waals surface area contributed by atoms with Gasteiger partial charge in [-0.15, -0.1) is 13.2 Å². The summed E-state index contributed by atoms with van der Waals surface area (Å²) in [7, 11) is 0. The minimum Gasteiger partial charge on any atom is -0.406 e. The van der Waals surface area contributed by atoms with Gasteiger partial charge < -0.3 is 20.3 Å². The lowest BCUT2D eigenvalue weighted by atomic mass is 9.77. The van der Waals surface area contributed by atoms with Crippen molar-refractivity contribution in [2.45, 2.75) is 51.4 Å². The predicted octanol–water partition coefficient (Wildman–Crippen LogP) is 4.85. The molecule has 1 saturated carbocycles. The van der Waals surface area contributed by atoms with Crippen molar-refractivity contribution in [3.05, 3.63) is 48.9 Å². The molecule has 4 heterocycles. The molecule has 2 fully saturated rings. The van der Waals surface area contributed by atoms with Crippen molar-refractivity contribution in [2.24, 2.45) is 5.41 Å². The number of pyridine rings is 2. The molecular formula is C26H28F3N7O2. The molecule has 3 aromatic rings. The van der Waals surface area contributed by atoms with E-state index in [0.717, 1.165) is 57.3 Å². The van der Waals surface area contributed by atoms with Gasteiger partial charge in [0.1, 0.15) is 23.2 Å². The second-order valence-electron chi connectivity index (χ2n) is 9.85. The summed E-state index contributed by atoms with van der Waals surface area (Å²) in [5.74, 6) is 1.31. The molecule has 1 aliphatic heterocycles. The average Bonchev–Trinajstić information content (AvgIpc) is 3.25. The number of halogens is 3. The van der Waals surface area contributed by atoms with E-state index in [1.807, 2.05) is 6.07 Å². The SMILES string of the molecule is CC(=O)NC1CCC2(CCN(c3cc(Nc4cc(OC(F)(F)F)ccn4)nc(-c4cccnc4)n3)CC2)C1. The molecule has 0 bridgehead atoms. The number of aromatic nitrogens is 4. The Bertz CT molecular complexity index is 1280. The Balaban J connectivity index is 1.37. The zero-order valence-corrected chi connectivity index (χ0v) is 20.8. The highest BCUT2D eigenvalue weighted by molar-refractivity contribution is 5.73. The van der Waals surface area contributed by atoms with Gasteiger partial charge in [0.05, 0.1) is 0 Å². The minimum atomic E-state index is -4.80. The van der Waals surface area contributed by atoms with Crippen LogP contribution in [0.3, 0.4) is 0 Å². The smallest absolute Gasteiger partial charge is 0.406 e. The molecule has 200 valence electrons. The number of ether oxygens (including phenoxy) is 1. The average molecular weight is 528 g/mol. The lowest BCUT2D eigenvalue weighted by molar-refractivity contribution is -0.274. The first-order valence-electron chi connectivity index (χ1n) is 12.5. The standard InChI is InChI=1S/C26H28F3N7O2/c1-17(37)32-19-4-6-25(15-19)7-11-36(12-8-25)23-14-22(34-24(35-23)18-3-2-9-30-16-18)33-21-13-20(5-10-31-21)38-26(27,28)29/h2-3,5,9-10,13-14,16,19H,4,6-8,11-12,15H2,1H3,(H,32,37)(H,31,33,34,35). The number of alkyl halides is 3. The van der Waals surface area contributed by atoms with Crippen LogP contribution < -0.4 is 20.3 Å². The van der Waals surface area contributed by atoms with Crippen molar-refractivity contribution in [2.75, 3.05) is 23.3 Å². The van der Waals surface area contributed by atoms with Gasteiger partial charge in [-0.3, -0.25) is 9.78 Å². The van der Waals surface area contributed by atoms with Gasteiger partial charge in [0.2, 0.25) is 5.91 Å². The van der Waals surface area contributed by atoms with Crippen LogP contribution in [0.4, 0.5) is 30.6 Å². The predicted molar refractivity (Wildman–Crippen MR) is 135 cm³/mol. The van der Waals surface area contributed by atoms with Gasteiger partial charge in [0.15, 0.2) is 5.82 Å². The highest BCUT2D eigenvalue weighted by Crippen LogP contribution is 2.47. The van der Waals surface area contributed by atoms with Gasteiger partial charge in [0.25, 0.3) is 0 Å². The molecule has 1 saturated heterocycles. The van der Waals surface area contributed by atoms with E-state index in [2.05, 4.69) is 35.2 Å². The third-order valence-corrected chi connectivity index (χ3v) is 7.11. The van der Waals surface area contributed by atoms with Gasteiger partial charge >= 0.3 is 6.36 Å². The molecule has 0 radical (unpaired) electrons. The molecule has 2 aliphatic rings. The van der Waals surface area contributed by atoms with Crippen LogP contribution in [0.25, 0.3) is 11.4 Å². The number of piperidine rings is 1. The molecule has 3 aromatic heterocycles. The molecule has 9 nitrogen and oxygen atoms in total. The number of nitrogens with one attached hydrogen (secondary N) is 2. The highest BCUT2D eigenvalue weighted by atomic mass is 19.4. The molecule has 2 N–H and O–H groups in total. The normalized spacial score (nSPS) is 18.8. The van der Waals surface area contributed by atoms with Crippen molar-refractivity contribution >= 4 is 23.4 Å². The monoisotopic (exact) mass is 527 g/mol. The quantitative estimate of drug-likeness (QED) is 0.469. The Hall–Kier alpha value is -3.96. The summed E-state index contributed by atoms with van der Waals surface area (Å²) in [6.45, 7) is 3.15. The number of rotatable bonds is 6. The van der Waals surface area contributed by atoms with Crippen LogP contribution in [-0.4, -0.2) is 51.3 Å². The molecule has 1 atom stereocenters. The Morgan fingerprint density at radius 3 is 2.63 bits per heavy atom. The summed E-state index contributed by atoms with van der Waals surface area (Å²) >= 11 is 0. The molecular weight excluding hydrogens is 499 g/mol. The molecule has 5 rings (SSSR count). The first-order chi connectivity index (χ1) is 18.2. The Labute approximate surface area is 217 Å². The second-order valence-corrected chi connectivity index (χ2v) is 9.85. The fraction of sp³-hybridized carbons (Fsp3) is 0.423. The largest absolute Gasteiger partial charge is 0.573 e. The summed E-state index contributed by atoms with van der Waals surface area (Å²) in [6, 6.07) is 7.93. The van der Waals surface area contributed by atoms with E-state index in [-0.39, 0.29) is 28.9 Å². The van der Waals surface area contributed by atoms with E-state index >= 15 is 0 Å². The van der Waals surface area contributed by atoms with Crippen LogP contribution in [-0.2, 0) is 4.79 Å². The molecule has 1 unspecified atom stereocenters. The number of anilines is 3. The van der Waals surface area contributed by atoms with Crippen LogP contribution in [0.5, 0.6) is 5.75 Å². The minimum absolute atomic E-state index is 0.0124. The van der Waals surface area contributed by atoms with Crippen LogP contribution in [0.2, 0.25) is 0 Å². The van der Waals surface area contributed by atoms with Crippen LogP contribution in [0.1, 0.15) is 39.0 Å². The molecule has 38 heavy (non-hydrogen) atoms. The zero-order chi connectivity index (χ0) is 26.8. The fourth-order valence-corrected chi connectivity index (χ4v) is 5.37. The lowest BCUT2D eigenvalue weighted by Crippen LogP contribution is -2.40. The van der Waals surface area contributed by atoms with E-state index in [1.54, 1.807) is 31.5 Å². The molecule has 1 aliphatic carbocycles. The maximum atomic E-state index is 12.7. The first-order valence-corrected chi connectivity index (χ1v) is 12.5. The summed E-state index contributed by atoms with van der Waals surface area (Å²) in [5.41, 5.74) is 0.925. The molecule has 1 amide bonds. The van der Waals surface area contributed by atoms with Crippen molar-refractivity contribution in [3.8, 4) is 17.1 Å². The fourth-order valence-electron chi connectivity index (χ4n) is 5.37. The molecule has 1 spiro atoms. The number of amides is 1. The number of nitrogens with zero attached hydrogens (tertiary/aromatic N) is 5. The topological polar surface area (TPSA) is 105 Å². The summed E-state index contributed by atoms with van der Waals surface area (Å²) in [4.78, 5) is 31.3. The van der Waals surface area contributed by atoms with E-state index in [1.165, 1.54) is 6.20 Å². The number of hydrogen-bond acceptors (Lipinski definition) is 8. The molecule has 0 aromatic carbocycles. The Morgan fingerprint density at radius 1 is 1.11 bits per heavy atom. The number of carbonyl (C=O) groups is 1. The Kier molecular flexibility index (Phi) is 7.04. The number of hydrogen-bond donors (Lipinski definition) is 2. The van der Waals surface area contributed by atoms with Crippen LogP contribution >= 0.6 is 0 Å². The van der Waals surface area contributed by atoms with Crippen LogP contribution in [0, 0.1) is 5.41 Å². The second kappa shape index (κ2) is 10.4. The van der Waals surface area contributed by atoms with Gasteiger partial charge in [0, 0.05) is 62.3 Å². The summed E-state index contributed by atoms with van der Waals surface area (Å²) in [5, 5.41) is 6.06. The Morgan fingerprint density at radius 2 is 1.92 bits per heavy atom. The van der Waals surface area contributed by atoms with Crippen molar-refractivity contribution < 1.29 is 22.7 Å². The van der Waals surface area contributed by atoms with Gasteiger partial charge in [-0.1, -0.05) is 0 Å². The van der Waals surface area contributed by atoms with E-state index in [9.17, 15) is 18.0 Å². The van der Waals surface area contributed by atoms with Crippen LogP contribution in [0.15, 0.2) is 48.9 Å². The summed E-state index contributed by atoms with van der Waals surface area (Å²) in [6.07, 6.45) is 4.77. The third kappa shape index (κ3) is 6.29. The number of carbonyl (C=O) groups excluding carboxylic acids is 1. The van der Waals surface area contributed by atoms with Gasteiger partial charge in [-0.05, 0) is 55.7 Å². The lowest BCUT2D eigenvalue weighted by Gasteiger charge is -2.40. The maximum Gasteiger partial charge on any atom is 0.573 e.